The third-order valence-corrected chi connectivity index (χ3v) is 5.76. The van der Waals surface area contributed by atoms with Gasteiger partial charge in [-0.1, -0.05) is 0 Å². The van der Waals surface area contributed by atoms with E-state index in [9.17, 15) is 5.11 Å². The predicted octanol–water partition coefficient (Wildman–Crippen LogP) is 3.29. The van der Waals surface area contributed by atoms with E-state index < -0.39 is 0 Å². The van der Waals surface area contributed by atoms with E-state index in [0.29, 0.717) is 0 Å². The summed E-state index contributed by atoms with van der Waals surface area (Å²) in [5.74, 6) is 0. The van der Waals surface area contributed by atoms with Crippen molar-refractivity contribution in [3.8, 4) is 0 Å². The predicted molar refractivity (Wildman–Crippen MR) is 76.6 cm³/mol. The van der Waals surface area contributed by atoms with Crippen LogP contribution in [-0.4, -0.2) is 34.7 Å². The maximum atomic E-state index is 10.5. The molecule has 2 nitrogen and oxygen atoms in total. The van der Waals surface area contributed by atoms with Crippen molar-refractivity contribution < 1.29 is 5.11 Å². The Morgan fingerprint density at radius 1 is 1.47 bits per heavy atom. The number of rotatable bonds is 4. The van der Waals surface area contributed by atoms with Gasteiger partial charge in [0.25, 0.3) is 0 Å². The molecule has 2 heterocycles. The van der Waals surface area contributed by atoms with Crippen molar-refractivity contribution in [3.05, 3.63) is 20.8 Å². The maximum Gasteiger partial charge on any atom is 0.0766 e. The van der Waals surface area contributed by atoms with Crippen LogP contribution in [0.2, 0.25) is 0 Å². The molecular weight excluding hydrogens is 298 g/mol. The van der Waals surface area contributed by atoms with Crippen molar-refractivity contribution in [2.45, 2.75) is 44.8 Å². The summed E-state index contributed by atoms with van der Waals surface area (Å²) in [4.78, 5) is 3.66. The Morgan fingerprint density at radius 3 is 2.65 bits per heavy atom. The minimum absolute atomic E-state index is 0.125. The van der Waals surface area contributed by atoms with Gasteiger partial charge in [-0.25, -0.2) is 0 Å². The van der Waals surface area contributed by atoms with Gasteiger partial charge in [0.05, 0.1) is 6.10 Å². The van der Waals surface area contributed by atoms with Gasteiger partial charge < -0.3 is 5.11 Å². The quantitative estimate of drug-likeness (QED) is 0.921. The molecule has 1 aromatic heterocycles. The zero-order valence-corrected chi connectivity index (χ0v) is 12.9. The molecule has 0 spiro atoms. The number of aliphatic hydroxyl groups is 1. The number of hydrogen-bond donors (Lipinski definition) is 1. The van der Waals surface area contributed by atoms with Crippen LogP contribution < -0.4 is 0 Å². The number of nitrogens with zero attached hydrogens (tertiary/aromatic N) is 1. The SMILES string of the molecule is CC(C)(C(O)Cc1sccc1Br)N1CCCC1. The van der Waals surface area contributed by atoms with Gasteiger partial charge in [0.15, 0.2) is 0 Å². The van der Waals surface area contributed by atoms with E-state index in [0.717, 1.165) is 24.0 Å². The van der Waals surface area contributed by atoms with Crippen molar-refractivity contribution >= 4 is 27.3 Å². The van der Waals surface area contributed by atoms with Crippen LogP contribution in [0.4, 0.5) is 0 Å². The molecule has 1 unspecified atom stereocenters. The average molecular weight is 318 g/mol. The Labute approximate surface area is 116 Å². The molecule has 1 saturated heterocycles. The van der Waals surface area contributed by atoms with Gasteiger partial charge >= 0.3 is 0 Å². The second kappa shape index (κ2) is 5.39. The molecule has 96 valence electrons. The van der Waals surface area contributed by atoms with Crippen LogP contribution in [0.5, 0.6) is 0 Å². The fourth-order valence-corrected chi connectivity index (χ4v) is 3.95. The van der Waals surface area contributed by atoms with Crippen molar-refractivity contribution in [1.82, 2.24) is 4.90 Å². The molecule has 1 atom stereocenters. The largest absolute Gasteiger partial charge is 0.391 e. The molecule has 0 radical (unpaired) electrons. The van der Waals surface area contributed by atoms with Crippen molar-refractivity contribution in [3.63, 3.8) is 0 Å². The van der Waals surface area contributed by atoms with E-state index in [-0.39, 0.29) is 11.6 Å². The van der Waals surface area contributed by atoms with Gasteiger partial charge in [-0.15, -0.1) is 11.3 Å². The fraction of sp³-hybridized carbons (Fsp3) is 0.692. The maximum absolute atomic E-state index is 10.5. The number of halogens is 1. The molecule has 0 amide bonds. The monoisotopic (exact) mass is 317 g/mol. The van der Waals surface area contributed by atoms with Gasteiger partial charge in [0, 0.05) is 21.3 Å². The Balaban J connectivity index is 2.03. The molecule has 17 heavy (non-hydrogen) atoms. The van der Waals surface area contributed by atoms with Gasteiger partial charge in [-0.2, -0.15) is 0 Å². The van der Waals surface area contributed by atoms with Crippen LogP contribution in [0, 0.1) is 0 Å². The normalized spacial score (nSPS) is 19.8. The average Bonchev–Trinajstić information content (AvgIpc) is 2.90. The van der Waals surface area contributed by atoms with E-state index in [1.165, 1.54) is 17.7 Å². The highest BCUT2D eigenvalue weighted by atomic mass is 79.9. The summed E-state index contributed by atoms with van der Waals surface area (Å²) < 4.78 is 1.12. The first kappa shape index (κ1) is 13.5. The van der Waals surface area contributed by atoms with E-state index in [2.05, 4.69) is 46.1 Å². The lowest BCUT2D eigenvalue weighted by Crippen LogP contribution is -2.51. The lowest BCUT2D eigenvalue weighted by molar-refractivity contribution is 0.00374. The number of thiophene rings is 1. The summed E-state index contributed by atoms with van der Waals surface area (Å²) in [5.41, 5.74) is -0.125. The zero-order chi connectivity index (χ0) is 12.5. The summed E-state index contributed by atoms with van der Waals surface area (Å²) in [7, 11) is 0. The minimum atomic E-state index is -0.310. The molecule has 0 aliphatic carbocycles. The van der Waals surface area contributed by atoms with Crippen LogP contribution in [-0.2, 0) is 6.42 Å². The number of aliphatic hydroxyl groups excluding tert-OH is 1. The Hall–Kier alpha value is 0.1000. The molecule has 1 N–H and O–H groups in total. The summed E-state index contributed by atoms with van der Waals surface area (Å²) in [5, 5.41) is 12.5. The van der Waals surface area contributed by atoms with Gasteiger partial charge in [-0.05, 0) is 67.2 Å². The lowest BCUT2D eigenvalue weighted by atomic mass is 9.92. The molecule has 0 bridgehead atoms. The van der Waals surface area contributed by atoms with E-state index in [1.807, 2.05) is 0 Å². The third kappa shape index (κ3) is 2.92. The van der Waals surface area contributed by atoms with Gasteiger partial charge in [0.2, 0.25) is 0 Å². The zero-order valence-electron chi connectivity index (χ0n) is 10.4. The molecular formula is C13H20BrNOS. The molecule has 1 aliphatic heterocycles. The highest BCUT2D eigenvalue weighted by Gasteiger charge is 2.36. The molecule has 1 aliphatic rings. The topological polar surface area (TPSA) is 23.5 Å². The summed E-state index contributed by atoms with van der Waals surface area (Å²) >= 11 is 5.24. The second-order valence-electron chi connectivity index (χ2n) is 5.26. The molecule has 4 heteroatoms. The first-order valence-electron chi connectivity index (χ1n) is 6.17. The Kier molecular flexibility index (Phi) is 4.29. The minimum Gasteiger partial charge on any atom is -0.391 e. The molecule has 0 aromatic carbocycles. The van der Waals surface area contributed by atoms with Crippen molar-refractivity contribution in [1.29, 1.82) is 0 Å². The van der Waals surface area contributed by atoms with E-state index in [4.69, 9.17) is 0 Å². The highest BCUT2D eigenvalue weighted by Crippen LogP contribution is 2.30. The van der Waals surface area contributed by atoms with Crippen LogP contribution in [0.3, 0.4) is 0 Å². The summed E-state index contributed by atoms with van der Waals surface area (Å²) in [6, 6.07) is 2.05. The summed E-state index contributed by atoms with van der Waals surface area (Å²) in [6.45, 7) is 6.56. The highest BCUT2D eigenvalue weighted by molar-refractivity contribution is 9.10. The smallest absolute Gasteiger partial charge is 0.0766 e. The first-order chi connectivity index (χ1) is 8.01. The Morgan fingerprint density at radius 2 is 2.12 bits per heavy atom. The van der Waals surface area contributed by atoms with Crippen LogP contribution in [0.25, 0.3) is 0 Å². The van der Waals surface area contributed by atoms with Crippen LogP contribution >= 0.6 is 27.3 Å². The summed E-state index contributed by atoms with van der Waals surface area (Å²) in [6.07, 6.45) is 2.95. The number of hydrogen-bond acceptors (Lipinski definition) is 3. The Bertz CT molecular complexity index is 371. The van der Waals surface area contributed by atoms with Crippen molar-refractivity contribution in [2.75, 3.05) is 13.1 Å². The van der Waals surface area contributed by atoms with E-state index in [1.54, 1.807) is 11.3 Å². The molecule has 0 saturated carbocycles. The molecule has 1 fully saturated rings. The fourth-order valence-electron chi connectivity index (χ4n) is 2.40. The standard InChI is InChI=1S/C13H20BrNOS/c1-13(2,15-6-3-4-7-15)12(16)9-11-10(14)5-8-17-11/h5,8,12,16H,3-4,6-7,9H2,1-2H3. The van der Waals surface area contributed by atoms with Crippen LogP contribution in [0.15, 0.2) is 15.9 Å². The lowest BCUT2D eigenvalue weighted by Gasteiger charge is -2.39. The number of likely N-dealkylation sites (tertiary alicyclic amines) is 1. The van der Waals surface area contributed by atoms with Crippen LogP contribution in [0.1, 0.15) is 31.6 Å². The molecule has 1 aromatic rings. The van der Waals surface area contributed by atoms with Gasteiger partial charge in [-0.3, -0.25) is 4.90 Å². The molecule has 2 rings (SSSR count). The van der Waals surface area contributed by atoms with Gasteiger partial charge in [0.1, 0.15) is 0 Å². The second-order valence-corrected chi connectivity index (χ2v) is 7.11. The van der Waals surface area contributed by atoms with Crippen molar-refractivity contribution in [2.24, 2.45) is 0 Å². The van der Waals surface area contributed by atoms with E-state index >= 15 is 0 Å². The third-order valence-electron chi connectivity index (χ3n) is 3.81. The first-order valence-corrected chi connectivity index (χ1v) is 7.84.